The Morgan fingerprint density at radius 1 is 1.29 bits per heavy atom. The van der Waals surface area contributed by atoms with E-state index < -0.39 is 10.8 Å². The molecule has 6 heteroatoms. The van der Waals surface area contributed by atoms with E-state index in [4.69, 9.17) is 10.5 Å². The van der Waals surface area contributed by atoms with Crippen LogP contribution in [0.3, 0.4) is 0 Å². The number of aromatic amines is 1. The number of fused-ring (bicyclic) bond motifs is 1. The van der Waals surface area contributed by atoms with Gasteiger partial charge in [0.25, 0.3) is 0 Å². The molecule has 0 aliphatic rings. The van der Waals surface area contributed by atoms with Crippen LogP contribution in [0.4, 0.5) is 5.69 Å². The number of hydrogen-bond acceptors (Lipinski definition) is 4. The number of nitrogen functional groups attached to an aromatic ring is 1. The molecule has 3 rings (SSSR count). The Balaban J connectivity index is 1.86. The second-order valence-electron chi connectivity index (χ2n) is 4.66. The Labute approximate surface area is 124 Å². The molecule has 0 aliphatic heterocycles. The molecule has 0 fully saturated rings. The minimum atomic E-state index is -1.25. The number of ether oxygens (including phenoxy) is 1. The lowest BCUT2D eigenvalue weighted by Gasteiger charge is -2.03. The Hall–Kier alpha value is -2.34. The topological polar surface area (TPSA) is 81.0 Å². The van der Waals surface area contributed by atoms with E-state index in [0.717, 1.165) is 22.3 Å². The van der Waals surface area contributed by atoms with Gasteiger partial charge in [-0.3, -0.25) is 4.21 Å². The van der Waals surface area contributed by atoms with E-state index in [2.05, 4.69) is 9.97 Å². The standard InChI is InChI=1S/C15H15N3O2S/c1-20-12-4-2-3-10(7-12)9-21(19)15-17-13-6-5-11(16)8-14(13)18-15/h2-8H,9,16H2,1H3,(H,17,18). The smallest absolute Gasteiger partial charge is 0.197 e. The maximum absolute atomic E-state index is 12.4. The van der Waals surface area contributed by atoms with Crippen molar-refractivity contribution < 1.29 is 8.95 Å². The number of imidazole rings is 1. The van der Waals surface area contributed by atoms with Crippen molar-refractivity contribution in [3.63, 3.8) is 0 Å². The van der Waals surface area contributed by atoms with Crippen molar-refractivity contribution in [2.45, 2.75) is 10.9 Å². The maximum atomic E-state index is 12.4. The summed E-state index contributed by atoms with van der Waals surface area (Å²) in [4.78, 5) is 7.41. The molecule has 21 heavy (non-hydrogen) atoms. The lowest BCUT2D eigenvalue weighted by atomic mass is 10.2. The van der Waals surface area contributed by atoms with E-state index >= 15 is 0 Å². The van der Waals surface area contributed by atoms with Crippen molar-refractivity contribution in [2.75, 3.05) is 12.8 Å². The SMILES string of the molecule is COc1cccc(CS(=O)c2nc3ccc(N)cc3[nH]2)c1. The summed E-state index contributed by atoms with van der Waals surface area (Å²) in [6.07, 6.45) is 0. The summed E-state index contributed by atoms with van der Waals surface area (Å²) >= 11 is 0. The molecule has 0 saturated heterocycles. The molecule has 0 bridgehead atoms. The highest BCUT2D eigenvalue weighted by molar-refractivity contribution is 7.84. The Morgan fingerprint density at radius 2 is 2.14 bits per heavy atom. The predicted molar refractivity (Wildman–Crippen MR) is 83.6 cm³/mol. The molecule has 0 amide bonds. The molecule has 0 aliphatic carbocycles. The number of methoxy groups -OCH3 is 1. The van der Waals surface area contributed by atoms with Crippen molar-refractivity contribution >= 4 is 27.5 Å². The van der Waals surface area contributed by atoms with E-state index in [9.17, 15) is 4.21 Å². The van der Waals surface area contributed by atoms with Crippen LogP contribution in [-0.4, -0.2) is 21.3 Å². The largest absolute Gasteiger partial charge is 0.497 e. The van der Waals surface area contributed by atoms with Crippen LogP contribution in [0.15, 0.2) is 47.6 Å². The molecule has 5 nitrogen and oxygen atoms in total. The summed E-state index contributed by atoms with van der Waals surface area (Å²) < 4.78 is 17.6. The number of hydrogen-bond donors (Lipinski definition) is 2. The van der Waals surface area contributed by atoms with Gasteiger partial charge in [0.1, 0.15) is 5.75 Å². The molecule has 0 spiro atoms. The van der Waals surface area contributed by atoms with Gasteiger partial charge in [0.2, 0.25) is 0 Å². The first-order valence-electron chi connectivity index (χ1n) is 6.42. The molecule has 0 radical (unpaired) electrons. The van der Waals surface area contributed by atoms with Crippen molar-refractivity contribution in [3.8, 4) is 5.75 Å². The normalized spacial score (nSPS) is 12.4. The van der Waals surface area contributed by atoms with Gasteiger partial charge in [-0.25, -0.2) is 4.98 Å². The van der Waals surface area contributed by atoms with Gasteiger partial charge in [-0.05, 0) is 35.9 Å². The summed E-state index contributed by atoms with van der Waals surface area (Å²) in [6.45, 7) is 0. The highest BCUT2D eigenvalue weighted by Gasteiger charge is 2.11. The van der Waals surface area contributed by atoms with Gasteiger partial charge >= 0.3 is 0 Å². The number of anilines is 1. The van der Waals surface area contributed by atoms with E-state index in [-0.39, 0.29) is 0 Å². The monoisotopic (exact) mass is 301 g/mol. The van der Waals surface area contributed by atoms with Gasteiger partial charge in [0, 0.05) is 5.69 Å². The second kappa shape index (κ2) is 5.57. The molecule has 3 N–H and O–H groups in total. The first-order valence-corrected chi connectivity index (χ1v) is 7.74. The molecular weight excluding hydrogens is 286 g/mol. The van der Waals surface area contributed by atoms with Crippen LogP contribution in [-0.2, 0) is 16.6 Å². The lowest BCUT2D eigenvalue weighted by Crippen LogP contribution is -1.98. The van der Waals surface area contributed by atoms with E-state index in [0.29, 0.717) is 16.6 Å². The van der Waals surface area contributed by atoms with Crippen LogP contribution in [0.5, 0.6) is 5.75 Å². The summed E-state index contributed by atoms with van der Waals surface area (Å²) in [7, 11) is 0.364. The van der Waals surface area contributed by atoms with Gasteiger partial charge in [0.15, 0.2) is 5.16 Å². The quantitative estimate of drug-likeness (QED) is 0.725. The molecule has 1 aromatic heterocycles. The van der Waals surface area contributed by atoms with Gasteiger partial charge in [0.05, 0.1) is 34.7 Å². The van der Waals surface area contributed by atoms with Crippen LogP contribution >= 0.6 is 0 Å². The lowest BCUT2D eigenvalue weighted by molar-refractivity contribution is 0.414. The third-order valence-corrected chi connectivity index (χ3v) is 4.35. The number of rotatable bonds is 4. The number of nitrogens with zero attached hydrogens (tertiary/aromatic N) is 1. The first kappa shape index (κ1) is 13.6. The summed E-state index contributed by atoms with van der Waals surface area (Å²) in [6, 6.07) is 12.9. The molecule has 3 aromatic rings. The zero-order valence-corrected chi connectivity index (χ0v) is 12.3. The molecule has 2 aromatic carbocycles. The number of nitrogens with two attached hydrogens (primary N) is 1. The minimum Gasteiger partial charge on any atom is -0.497 e. The number of aromatic nitrogens is 2. The summed E-state index contributed by atoms with van der Waals surface area (Å²) in [5.41, 5.74) is 8.87. The van der Waals surface area contributed by atoms with Crippen molar-refractivity contribution in [1.82, 2.24) is 9.97 Å². The highest BCUT2D eigenvalue weighted by atomic mass is 32.2. The van der Waals surface area contributed by atoms with Crippen LogP contribution in [0.25, 0.3) is 11.0 Å². The first-order chi connectivity index (χ1) is 10.2. The molecule has 108 valence electrons. The van der Waals surface area contributed by atoms with Gasteiger partial charge in [-0.1, -0.05) is 12.1 Å². The number of nitrogens with one attached hydrogen (secondary N) is 1. The van der Waals surface area contributed by atoms with Crippen LogP contribution in [0.1, 0.15) is 5.56 Å². The average molecular weight is 301 g/mol. The average Bonchev–Trinajstić information content (AvgIpc) is 2.90. The predicted octanol–water partition coefficient (Wildman–Crippen LogP) is 2.46. The fraction of sp³-hybridized carbons (Fsp3) is 0.133. The molecule has 1 atom stereocenters. The van der Waals surface area contributed by atoms with Crippen molar-refractivity contribution in [1.29, 1.82) is 0 Å². The molecule has 1 heterocycles. The fourth-order valence-electron chi connectivity index (χ4n) is 2.09. The van der Waals surface area contributed by atoms with Gasteiger partial charge in [-0.15, -0.1) is 0 Å². The number of H-pyrrole nitrogens is 1. The fourth-order valence-corrected chi connectivity index (χ4v) is 3.14. The van der Waals surface area contributed by atoms with Gasteiger partial charge in [-0.2, -0.15) is 0 Å². The summed E-state index contributed by atoms with van der Waals surface area (Å²) in [5, 5.41) is 0.457. The van der Waals surface area contributed by atoms with Crippen molar-refractivity contribution in [2.24, 2.45) is 0 Å². The maximum Gasteiger partial charge on any atom is 0.197 e. The molecular formula is C15H15N3O2S. The Bertz CT molecular complexity index is 814. The van der Waals surface area contributed by atoms with Crippen LogP contribution in [0, 0.1) is 0 Å². The molecule has 0 saturated carbocycles. The van der Waals surface area contributed by atoms with Crippen LogP contribution in [0.2, 0.25) is 0 Å². The van der Waals surface area contributed by atoms with E-state index in [1.165, 1.54) is 0 Å². The Kier molecular flexibility index (Phi) is 3.62. The van der Waals surface area contributed by atoms with Crippen molar-refractivity contribution in [3.05, 3.63) is 48.0 Å². The van der Waals surface area contributed by atoms with E-state index in [1.807, 2.05) is 30.3 Å². The highest BCUT2D eigenvalue weighted by Crippen LogP contribution is 2.19. The van der Waals surface area contributed by atoms with Crippen LogP contribution < -0.4 is 10.5 Å². The zero-order chi connectivity index (χ0) is 14.8. The Morgan fingerprint density at radius 3 is 2.95 bits per heavy atom. The third kappa shape index (κ3) is 2.90. The van der Waals surface area contributed by atoms with Gasteiger partial charge < -0.3 is 15.5 Å². The molecule has 1 unspecified atom stereocenters. The number of benzene rings is 2. The second-order valence-corrected chi connectivity index (χ2v) is 6.03. The third-order valence-electron chi connectivity index (χ3n) is 3.13. The summed E-state index contributed by atoms with van der Waals surface area (Å²) in [5.74, 6) is 1.13. The zero-order valence-electron chi connectivity index (χ0n) is 11.5. The minimum absolute atomic E-state index is 0.381. The van der Waals surface area contributed by atoms with E-state index in [1.54, 1.807) is 19.2 Å².